The monoisotopic (exact) mass is 326 g/mol. The molecule has 0 spiro atoms. The second-order valence-electron chi connectivity index (χ2n) is 4.35. The fraction of sp³-hybridized carbons (Fsp3) is 0.286. The zero-order valence-electron chi connectivity index (χ0n) is 11.2. The molecular formula is C14H17NO6P-. The highest BCUT2D eigenvalue weighted by molar-refractivity contribution is 7.50. The molecule has 0 bridgehead atoms. The van der Waals surface area contributed by atoms with E-state index in [9.17, 15) is 19.0 Å². The van der Waals surface area contributed by atoms with Crippen molar-refractivity contribution in [2.24, 2.45) is 0 Å². The molecule has 2 aromatic rings. The van der Waals surface area contributed by atoms with E-state index in [1.54, 1.807) is 24.3 Å². The minimum atomic E-state index is -3.82. The molecule has 0 aliphatic heterocycles. The molecule has 22 heavy (non-hydrogen) atoms. The Hall–Kier alpha value is -1.95. The molecule has 120 valence electrons. The molecule has 1 aromatic heterocycles. The fourth-order valence-electron chi connectivity index (χ4n) is 1.69. The first-order chi connectivity index (χ1) is 9.87. The van der Waals surface area contributed by atoms with E-state index < -0.39 is 19.1 Å². The molecule has 0 saturated heterocycles. The molecule has 0 saturated carbocycles. The van der Waals surface area contributed by atoms with Crippen molar-refractivity contribution < 1.29 is 23.2 Å². The quantitative estimate of drug-likeness (QED) is 0.505. The average molecular weight is 326 g/mol. The lowest BCUT2D eigenvalue weighted by Gasteiger charge is -2.17. The van der Waals surface area contributed by atoms with Crippen molar-refractivity contribution in [3.05, 3.63) is 46.3 Å². The molecule has 8 heteroatoms. The van der Waals surface area contributed by atoms with Crippen LogP contribution < -0.4 is 15.8 Å². The van der Waals surface area contributed by atoms with Gasteiger partial charge < -0.3 is 23.7 Å². The van der Waals surface area contributed by atoms with Gasteiger partial charge in [-0.1, -0.05) is 25.6 Å². The molecular weight excluding hydrogens is 309 g/mol. The van der Waals surface area contributed by atoms with Gasteiger partial charge in [-0.15, -0.1) is 0 Å². The fourth-order valence-corrected chi connectivity index (χ4v) is 2.11. The number of carbonyl (C=O) groups is 1. The summed E-state index contributed by atoms with van der Waals surface area (Å²) in [6.45, 7) is 0.708. The van der Waals surface area contributed by atoms with E-state index in [-0.39, 0.29) is 26.1 Å². The molecule has 1 atom stereocenters. The van der Waals surface area contributed by atoms with Crippen molar-refractivity contribution in [3.63, 3.8) is 0 Å². The van der Waals surface area contributed by atoms with E-state index in [0.29, 0.717) is 11.0 Å². The maximum atomic E-state index is 11.9. The minimum Gasteiger partial charge on any atom is -0.779 e. The van der Waals surface area contributed by atoms with Crippen LogP contribution in [0.1, 0.15) is 17.8 Å². The third-order valence-electron chi connectivity index (χ3n) is 2.60. The Morgan fingerprint density at radius 3 is 2.77 bits per heavy atom. The predicted octanol–water partition coefficient (Wildman–Crippen LogP) is 1.36. The summed E-state index contributed by atoms with van der Waals surface area (Å²) in [4.78, 5) is 34.3. The molecule has 0 aliphatic carbocycles. The maximum absolute atomic E-state index is 11.9. The van der Waals surface area contributed by atoms with Crippen LogP contribution in [0.25, 0.3) is 11.0 Å². The summed E-state index contributed by atoms with van der Waals surface area (Å²) in [5.41, 5.74) is -0.506. The van der Waals surface area contributed by atoms with Crippen molar-refractivity contribution in [2.75, 3.05) is 19.8 Å². The molecule has 1 aromatic carbocycles. The SMILES string of the molecule is C.CP(=O)([O-])OCCNC(=O)c1cc2ccccc2oc1=O. The average Bonchev–Trinajstić information content (AvgIpc) is 2.41. The van der Waals surface area contributed by atoms with Crippen LogP contribution in [0.2, 0.25) is 0 Å². The van der Waals surface area contributed by atoms with Gasteiger partial charge in [0.25, 0.3) is 5.91 Å². The highest BCUT2D eigenvalue weighted by Gasteiger charge is 2.13. The largest absolute Gasteiger partial charge is 0.779 e. The molecule has 1 unspecified atom stereocenters. The van der Waals surface area contributed by atoms with E-state index in [4.69, 9.17) is 4.42 Å². The van der Waals surface area contributed by atoms with E-state index in [1.807, 2.05) is 0 Å². The third kappa shape index (κ3) is 4.80. The Morgan fingerprint density at radius 2 is 2.09 bits per heavy atom. The van der Waals surface area contributed by atoms with Gasteiger partial charge in [-0.3, -0.25) is 4.79 Å². The molecule has 0 radical (unpaired) electrons. The van der Waals surface area contributed by atoms with E-state index in [2.05, 4.69) is 9.84 Å². The summed E-state index contributed by atoms with van der Waals surface area (Å²) in [6.07, 6.45) is 0. The molecule has 2 rings (SSSR count). The van der Waals surface area contributed by atoms with Crippen molar-refractivity contribution in [1.29, 1.82) is 0 Å². The number of para-hydroxylation sites is 1. The van der Waals surface area contributed by atoms with Crippen LogP contribution in [0.4, 0.5) is 0 Å². The Balaban J connectivity index is 0.00000242. The first kappa shape index (κ1) is 18.1. The van der Waals surface area contributed by atoms with E-state index in [1.165, 1.54) is 6.07 Å². The van der Waals surface area contributed by atoms with Gasteiger partial charge in [0, 0.05) is 18.6 Å². The second-order valence-corrected chi connectivity index (χ2v) is 6.15. The summed E-state index contributed by atoms with van der Waals surface area (Å²) in [5, 5.41) is 3.01. The van der Waals surface area contributed by atoms with Crippen molar-refractivity contribution in [3.8, 4) is 0 Å². The Morgan fingerprint density at radius 1 is 1.41 bits per heavy atom. The van der Waals surface area contributed by atoms with E-state index >= 15 is 0 Å². The van der Waals surface area contributed by atoms with Crippen LogP contribution >= 0.6 is 7.60 Å². The highest BCUT2D eigenvalue weighted by Crippen LogP contribution is 2.30. The highest BCUT2D eigenvalue weighted by atomic mass is 31.2. The molecule has 1 amide bonds. The van der Waals surface area contributed by atoms with Gasteiger partial charge in [-0.25, -0.2) is 4.79 Å². The molecule has 7 nitrogen and oxygen atoms in total. The molecule has 0 fully saturated rings. The first-order valence-electron chi connectivity index (χ1n) is 6.11. The molecule has 0 aliphatic rings. The van der Waals surface area contributed by atoms with Crippen molar-refractivity contribution >= 4 is 24.5 Å². The van der Waals surface area contributed by atoms with Gasteiger partial charge in [0.05, 0.1) is 6.61 Å². The summed E-state index contributed by atoms with van der Waals surface area (Å²) in [5.74, 6) is -0.644. The van der Waals surface area contributed by atoms with Gasteiger partial charge in [-0.05, 0) is 12.1 Å². The second kappa shape index (κ2) is 7.35. The zero-order chi connectivity index (χ0) is 15.5. The number of nitrogens with one attached hydrogen (secondary N) is 1. The lowest BCUT2D eigenvalue weighted by Crippen LogP contribution is -2.31. The standard InChI is InChI=1S/C13H14NO6P.CH4/c1-21(17,18)19-7-6-14-12(15)10-8-9-4-2-3-5-11(9)20-13(10)16;/h2-5,8H,6-7H2,1H3,(H,14,15)(H,17,18);1H4/p-1. The normalized spacial score (nSPS) is 13.2. The summed E-state index contributed by atoms with van der Waals surface area (Å²) in [6, 6.07) is 8.23. The Labute approximate surface area is 127 Å². The van der Waals surface area contributed by atoms with Crippen LogP contribution in [0.5, 0.6) is 0 Å². The number of hydrogen-bond acceptors (Lipinski definition) is 6. The van der Waals surface area contributed by atoms with Gasteiger partial charge in [0.15, 0.2) is 0 Å². The third-order valence-corrected chi connectivity index (χ3v) is 3.25. The maximum Gasteiger partial charge on any atom is 0.349 e. The number of rotatable bonds is 5. The lowest BCUT2D eigenvalue weighted by atomic mass is 10.2. The van der Waals surface area contributed by atoms with E-state index in [0.717, 1.165) is 6.66 Å². The van der Waals surface area contributed by atoms with Crippen LogP contribution in [0.3, 0.4) is 0 Å². The number of benzene rings is 1. The zero-order valence-corrected chi connectivity index (χ0v) is 12.1. The first-order valence-corrected chi connectivity index (χ1v) is 8.10. The van der Waals surface area contributed by atoms with Gasteiger partial charge >= 0.3 is 5.63 Å². The van der Waals surface area contributed by atoms with Crippen LogP contribution in [-0.4, -0.2) is 25.7 Å². The van der Waals surface area contributed by atoms with Crippen LogP contribution in [0.15, 0.2) is 39.5 Å². The molecule has 1 heterocycles. The molecule has 1 N–H and O–H groups in total. The predicted molar refractivity (Wildman–Crippen MR) is 81.0 cm³/mol. The Kier molecular flexibility index (Phi) is 6.05. The van der Waals surface area contributed by atoms with Crippen LogP contribution in [0, 0.1) is 0 Å². The number of carbonyl (C=O) groups excluding carboxylic acids is 1. The topological polar surface area (TPSA) is 109 Å². The summed E-state index contributed by atoms with van der Waals surface area (Å²) in [7, 11) is -3.82. The summed E-state index contributed by atoms with van der Waals surface area (Å²) >= 11 is 0. The van der Waals surface area contributed by atoms with Crippen molar-refractivity contribution in [2.45, 2.75) is 7.43 Å². The lowest BCUT2D eigenvalue weighted by molar-refractivity contribution is -0.196. The van der Waals surface area contributed by atoms with Crippen molar-refractivity contribution in [1.82, 2.24) is 5.32 Å². The smallest absolute Gasteiger partial charge is 0.349 e. The number of fused-ring (bicyclic) bond motifs is 1. The number of amides is 1. The van der Waals surface area contributed by atoms with Crippen LogP contribution in [-0.2, 0) is 9.09 Å². The Bertz CT molecular complexity index is 763. The summed E-state index contributed by atoms with van der Waals surface area (Å²) < 4.78 is 20.3. The van der Waals surface area contributed by atoms with Gasteiger partial charge in [0.2, 0.25) is 0 Å². The minimum absolute atomic E-state index is 0. The number of hydrogen-bond donors (Lipinski definition) is 1. The van der Waals surface area contributed by atoms with Gasteiger partial charge in [0.1, 0.15) is 18.7 Å². The van der Waals surface area contributed by atoms with Gasteiger partial charge in [-0.2, -0.15) is 0 Å².